The van der Waals surface area contributed by atoms with Gasteiger partial charge in [-0.25, -0.2) is 9.59 Å². The molecular formula is C41H53F3O5. The number of unbranched alkanes of at least 4 members (excludes halogenated alkanes) is 13. The number of hydrogen-bond acceptors (Lipinski definition) is 5. The van der Waals surface area contributed by atoms with Crippen molar-refractivity contribution in [3.05, 3.63) is 83.9 Å². The van der Waals surface area contributed by atoms with Crippen molar-refractivity contribution in [2.75, 3.05) is 6.61 Å². The molecule has 268 valence electrons. The molecule has 0 aliphatic carbocycles. The van der Waals surface area contributed by atoms with E-state index in [1.165, 1.54) is 75.6 Å². The predicted molar refractivity (Wildman–Crippen MR) is 189 cm³/mol. The van der Waals surface area contributed by atoms with Crippen LogP contribution in [-0.2, 0) is 4.74 Å². The summed E-state index contributed by atoms with van der Waals surface area (Å²) in [5.74, 6) is -0.683. The highest BCUT2D eigenvalue weighted by molar-refractivity contribution is 5.92. The van der Waals surface area contributed by atoms with E-state index in [9.17, 15) is 22.8 Å². The van der Waals surface area contributed by atoms with Crippen molar-refractivity contribution in [2.24, 2.45) is 0 Å². The Kier molecular flexibility index (Phi) is 17.8. The molecule has 0 N–H and O–H groups in total. The van der Waals surface area contributed by atoms with Crippen LogP contribution in [0.4, 0.5) is 13.2 Å². The molecule has 0 heterocycles. The lowest BCUT2D eigenvalue weighted by Gasteiger charge is -2.20. The van der Waals surface area contributed by atoms with Gasteiger partial charge in [0.05, 0.1) is 17.7 Å². The molecule has 3 aromatic rings. The highest BCUT2D eigenvalue weighted by Gasteiger charge is 2.42. The van der Waals surface area contributed by atoms with Crippen molar-refractivity contribution in [3.8, 4) is 22.6 Å². The Balaban J connectivity index is 1.42. The second-order valence-electron chi connectivity index (χ2n) is 12.7. The minimum absolute atomic E-state index is 0.0544. The molecule has 0 aromatic heterocycles. The number of hydrogen-bond donors (Lipinski definition) is 0. The number of carbonyl (C=O) groups excluding carboxylic acids is 2. The predicted octanol–water partition coefficient (Wildman–Crippen LogP) is 12.3. The van der Waals surface area contributed by atoms with Gasteiger partial charge in [-0.15, -0.1) is 0 Å². The molecule has 3 aromatic carbocycles. The molecule has 0 aliphatic heterocycles. The van der Waals surface area contributed by atoms with Crippen LogP contribution in [0.2, 0.25) is 0 Å². The summed E-state index contributed by atoms with van der Waals surface area (Å²) < 4.78 is 56.7. The van der Waals surface area contributed by atoms with Gasteiger partial charge in [0.2, 0.25) is 0 Å². The molecule has 5 nitrogen and oxygen atoms in total. The van der Waals surface area contributed by atoms with Gasteiger partial charge >= 0.3 is 18.1 Å². The quantitative estimate of drug-likeness (QED) is 0.0566. The third-order valence-electron chi connectivity index (χ3n) is 8.56. The average molecular weight is 683 g/mol. The number of rotatable bonds is 23. The first kappa shape index (κ1) is 39.6. The molecule has 0 saturated carbocycles. The van der Waals surface area contributed by atoms with Gasteiger partial charge in [-0.05, 0) is 78.9 Å². The highest BCUT2D eigenvalue weighted by Crippen LogP contribution is 2.29. The minimum Gasteiger partial charge on any atom is -0.494 e. The van der Waals surface area contributed by atoms with Gasteiger partial charge < -0.3 is 14.2 Å². The Morgan fingerprint density at radius 3 is 1.51 bits per heavy atom. The fraction of sp³-hybridized carbons (Fsp3) is 0.512. The van der Waals surface area contributed by atoms with E-state index in [1.54, 1.807) is 12.1 Å². The Morgan fingerprint density at radius 2 is 0.980 bits per heavy atom. The van der Waals surface area contributed by atoms with E-state index in [1.807, 2.05) is 36.4 Å². The Bertz CT molecular complexity index is 1350. The van der Waals surface area contributed by atoms with Crippen LogP contribution < -0.4 is 9.47 Å². The molecule has 1 atom stereocenters. The molecular weight excluding hydrogens is 629 g/mol. The minimum atomic E-state index is -4.64. The summed E-state index contributed by atoms with van der Waals surface area (Å²) in [7, 11) is 0. The van der Waals surface area contributed by atoms with Gasteiger partial charge in [-0.2, -0.15) is 13.2 Å². The van der Waals surface area contributed by atoms with Crippen LogP contribution in [0.15, 0.2) is 72.8 Å². The van der Waals surface area contributed by atoms with Gasteiger partial charge in [0.25, 0.3) is 0 Å². The molecule has 0 saturated heterocycles. The van der Waals surface area contributed by atoms with E-state index in [2.05, 4.69) is 13.8 Å². The zero-order chi connectivity index (χ0) is 35.3. The smallest absolute Gasteiger partial charge is 0.425 e. The van der Waals surface area contributed by atoms with Crippen LogP contribution in [-0.4, -0.2) is 30.8 Å². The van der Waals surface area contributed by atoms with Crippen LogP contribution in [0.25, 0.3) is 11.1 Å². The number of ether oxygens (including phenoxy) is 3. The Morgan fingerprint density at radius 1 is 0.551 bits per heavy atom. The summed E-state index contributed by atoms with van der Waals surface area (Å²) in [5, 5.41) is 0. The fourth-order valence-corrected chi connectivity index (χ4v) is 5.57. The zero-order valence-corrected chi connectivity index (χ0v) is 29.2. The zero-order valence-electron chi connectivity index (χ0n) is 29.2. The van der Waals surface area contributed by atoms with E-state index >= 15 is 0 Å². The highest BCUT2D eigenvalue weighted by atomic mass is 19.4. The summed E-state index contributed by atoms with van der Waals surface area (Å²) in [4.78, 5) is 25.2. The lowest BCUT2D eigenvalue weighted by Crippen LogP contribution is -2.33. The molecule has 0 aliphatic rings. The van der Waals surface area contributed by atoms with Crippen LogP contribution in [0, 0.1) is 0 Å². The van der Waals surface area contributed by atoms with Crippen LogP contribution >= 0.6 is 0 Å². The van der Waals surface area contributed by atoms with Crippen molar-refractivity contribution in [1.82, 2.24) is 0 Å². The molecule has 8 heteroatoms. The normalized spacial score (nSPS) is 12.0. The van der Waals surface area contributed by atoms with Gasteiger partial charge in [-0.3, -0.25) is 0 Å². The first-order valence-electron chi connectivity index (χ1n) is 18.1. The summed E-state index contributed by atoms with van der Waals surface area (Å²) >= 11 is 0. The lowest BCUT2D eigenvalue weighted by molar-refractivity contribution is -0.206. The molecule has 3 rings (SSSR count). The maximum absolute atomic E-state index is 13.5. The molecule has 49 heavy (non-hydrogen) atoms. The number of benzene rings is 3. The molecule has 1 unspecified atom stereocenters. The first-order chi connectivity index (χ1) is 23.7. The van der Waals surface area contributed by atoms with Crippen molar-refractivity contribution in [2.45, 2.75) is 129 Å². The Labute approximate surface area is 290 Å². The van der Waals surface area contributed by atoms with E-state index in [4.69, 9.17) is 14.2 Å². The molecule has 0 spiro atoms. The monoisotopic (exact) mass is 682 g/mol. The number of alkyl halides is 3. The molecule has 0 bridgehead atoms. The van der Waals surface area contributed by atoms with Crippen LogP contribution in [0.3, 0.4) is 0 Å². The Hall–Kier alpha value is -3.81. The lowest BCUT2D eigenvalue weighted by atomic mass is 10.0. The second-order valence-corrected chi connectivity index (χ2v) is 12.7. The van der Waals surface area contributed by atoms with E-state index < -0.39 is 24.2 Å². The van der Waals surface area contributed by atoms with Crippen molar-refractivity contribution >= 4 is 11.9 Å². The van der Waals surface area contributed by atoms with E-state index in [0.717, 1.165) is 49.0 Å². The van der Waals surface area contributed by atoms with E-state index in [-0.39, 0.29) is 17.7 Å². The topological polar surface area (TPSA) is 61.8 Å². The third kappa shape index (κ3) is 15.1. The second kappa shape index (κ2) is 22.0. The SMILES string of the molecule is CCCCCCCCCCCOc1ccc(-c2ccc(C(=O)Oc3ccc(C(=O)OC(CCCCCCCC)C(F)(F)F)cc3)cc2)cc1. The van der Waals surface area contributed by atoms with Gasteiger partial charge in [0.1, 0.15) is 11.5 Å². The number of halogens is 3. The summed E-state index contributed by atoms with van der Waals surface area (Å²) in [6, 6.07) is 20.1. The molecule has 0 amide bonds. The summed E-state index contributed by atoms with van der Waals surface area (Å²) in [5.41, 5.74) is 2.19. The van der Waals surface area contributed by atoms with Crippen molar-refractivity contribution in [3.63, 3.8) is 0 Å². The van der Waals surface area contributed by atoms with Crippen LogP contribution in [0.1, 0.15) is 137 Å². The summed E-state index contributed by atoms with van der Waals surface area (Å²) in [6.07, 6.45) is 9.33. The maximum Gasteiger partial charge on any atom is 0.425 e. The average Bonchev–Trinajstić information content (AvgIpc) is 3.10. The number of esters is 2. The molecule has 0 radical (unpaired) electrons. The molecule has 0 fully saturated rings. The maximum atomic E-state index is 13.5. The van der Waals surface area contributed by atoms with Crippen molar-refractivity contribution < 1.29 is 37.0 Å². The third-order valence-corrected chi connectivity index (χ3v) is 8.56. The fourth-order valence-electron chi connectivity index (χ4n) is 5.57. The van der Waals surface area contributed by atoms with Crippen molar-refractivity contribution in [1.29, 1.82) is 0 Å². The van der Waals surface area contributed by atoms with Gasteiger partial charge in [0.15, 0.2) is 6.10 Å². The summed E-state index contributed by atoms with van der Waals surface area (Å²) in [6.45, 7) is 5.02. The largest absolute Gasteiger partial charge is 0.494 e. The van der Waals surface area contributed by atoms with E-state index in [0.29, 0.717) is 25.0 Å². The van der Waals surface area contributed by atoms with Gasteiger partial charge in [0, 0.05) is 0 Å². The van der Waals surface area contributed by atoms with Crippen LogP contribution in [0.5, 0.6) is 11.5 Å². The first-order valence-corrected chi connectivity index (χ1v) is 18.1. The standard InChI is InChI=1S/C41H53F3O5/c1-3-5-7-9-11-12-13-15-17-31-47-36-27-23-33(24-28-36)32-19-21-34(22-20-32)39(45)48-37-29-25-35(26-30-37)40(46)49-38(41(42,43)44)18-16-14-10-8-6-4-2/h19-30,38H,3-18,31H2,1-2H3. The van der Waals surface area contributed by atoms with Gasteiger partial charge in [-0.1, -0.05) is 122 Å². The number of carbonyl (C=O) groups is 2.